The zero-order valence-corrected chi connectivity index (χ0v) is 15.6. The molecule has 1 aliphatic heterocycles. The molecule has 0 radical (unpaired) electrons. The summed E-state index contributed by atoms with van der Waals surface area (Å²) in [6, 6.07) is 6.58. The summed E-state index contributed by atoms with van der Waals surface area (Å²) in [5.74, 6) is -1.23. The van der Waals surface area contributed by atoms with Gasteiger partial charge >= 0.3 is 0 Å². The highest BCUT2D eigenvalue weighted by Crippen LogP contribution is 2.34. The minimum absolute atomic E-state index is 0.00629. The molecule has 6 nitrogen and oxygen atoms in total. The average molecular weight is 382 g/mol. The van der Waals surface area contributed by atoms with E-state index >= 15 is 0 Å². The molecule has 1 aromatic heterocycles. The molecule has 1 fully saturated rings. The van der Waals surface area contributed by atoms with Gasteiger partial charge in [0, 0.05) is 53.5 Å². The summed E-state index contributed by atoms with van der Waals surface area (Å²) in [5, 5.41) is 12.1. The van der Waals surface area contributed by atoms with Crippen molar-refractivity contribution in [2.24, 2.45) is 11.8 Å². The lowest BCUT2D eigenvalue weighted by Gasteiger charge is -2.35. The molecule has 1 aliphatic carbocycles. The van der Waals surface area contributed by atoms with Gasteiger partial charge in [0.05, 0.1) is 6.07 Å². The number of nitrogens with zero attached hydrogens (tertiary/aromatic N) is 2. The minimum atomic E-state index is -0.378. The first-order valence-corrected chi connectivity index (χ1v) is 9.81. The SMILES string of the molecule is N#CCNC(=O)[C@@H]1CCCC[C@H]1C(=O)N1CCc2[nH]c3ccc(F)cc3c2C1. The molecule has 2 aliphatic rings. The Morgan fingerprint density at radius 3 is 2.86 bits per heavy atom. The molecular weight excluding hydrogens is 359 g/mol. The van der Waals surface area contributed by atoms with E-state index in [-0.39, 0.29) is 36.0 Å². The number of carbonyl (C=O) groups excluding carboxylic acids is 2. The number of benzene rings is 1. The lowest BCUT2D eigenvalue weighted by Crippen LogP contribution is -2.46. The Balaban J connectivity index is 1.55. The number of hydrogen-bond acceptors (Lipinski definition) is 3. The Morgan fingerprint density at radius 1 is 1.29 bits per heavy atom. The van der Waals surface area contributed by atoms with Gasteiger partial charge < -0.3 is 15.2 Å². The van der Waals surface area contributed by atoms with Gasteiger partial charge in [0.1, 0.15) is 12.4 Å². The fourth-order valence-corrected chi connectivity index (χ4v) is 4.61. The average Bonchev–Trinajstić information content (AvgIpc) is 3.08. The molecule has 0 bridgehead atoms. The Kier molecular flexibility index (Phi) is 5.03. The van der Waals surface area contributed by atoms with Crippen molar-refractivity contribution in [2.45, 2.75) is 38.6 Å². The van der Waals surface area contributed by atoms with Gasteiger partial charge in [-0.05, 0) is 31.0 Å². The zero-order valence-electron chi connectivity index (χ0n) is 15.6. The second kappa shape index (κ2) is 7.63. The van der Waals surface area contributed by atoms with Gasteiger partial charge in [-0.3, -0.25) is 9.59 Å². The second-order valence-electron chi connectivity index (χ2n) is 7.66. The maximum absolute atomic E-state index is 13.7. The molecule has 2 N–H and O–H groups in total. The van der Waals surface area contributed by atoms with Gasteiger partial charge in [-0.1, -0.05) is 12.8 Å². The van der Waals surface area contributed by atoms with Crippen LogP contribution in [-0.2, 0) is 22.6 Å². The number of nitrogens with one attached hydrogen (secondary N) is 2. The summed E-state index contributed by atoms with van der Waals surface area (Å²) in [5.41, 5.74) is 2.90. The molecule has 0 saturated heterocycles. The van der Waals surface area contributed by atoms with Crippen molar-refractivity contribution >= 4 is 22.7 Å². The number of aromatic nitrogens is 1. The van der Waals surface area contributed by atoms with Crippen LogP contribution in [0.2, 0.25) is 0 Å². The summed E-state index contributed by atoms with van der Waals surface area (Å²) >= 11 is 0. The predicted molar refractivity (Wildman–Crippen MR) is 101 cm³/mol. The third-order valence-corrected chi connectivity index (χ3v) is 6.01. The summed E-state index contributed by atoms with van der Waals surface area (Å²) in [6.07, 6.45) is 3.89. The van der Waals surface area contributed by atoms with Crippen molar-refractivity contribution in [1.82, 2.24) is 15.2 Å². The minimum Gasteiger partial charge on any atom is -0.358 e. The van der Waals surface area contributed by atoms with Crippen LogP contribution >= 0.6 is 0 Å². The Morgan fingerprint density at radius 2 is 2.07 bits per heavy atom. The van der Waals surface area contributed by atoms with Crippen LogP contribution in [-0.4, -0.2) is 34.8 Å². The van der Waals surface area contributed by atoms with Crippen LogP contribution in [0, 0.1) is 29.0 Å². The molecule has 1 saturated carbocycles. The molecule has 2 heterocycles. The first kappa shape index (κ1) is 18.5. The normalized spacial score (nSPS) is 21.8. The summed E-state index contributed by atoms with van der Waals surface area (Å²) < 4.78 is 13.7. The Labute approximate surface area is 162 Å². The van der Waals surface area contributed by atoms with Crippen molar-refractivity contribution in [3.63, 3.8) is 0 Å². The highest BCUT2D eigenvalue weighted by molar-refractivity contribution is 5.89. The maximum atomic E-state index is 13.7. The third-order valence-electron chi connectivity index (χ3n) is 6.01. The molecule has 1 aromatic carbocycles. The lowest BCUT2D eigenvalue weighted by molar-refractivity contribution is -0.144. The number of H-pyrrole nitrogens is 1. The van der Waals surface area contributed by atoms with Gasteiger partial charge in [0.15, 0.2) is 0 Å². The van der Waals surface area contributed by atoms with Crippen LogP contribution in [0.3, 0.4) is 0 Å². The smallest absolute Gasteiger partial charge is 0.226 e. The lowest BCUT2D eigenvalue weighted by atomic mass is 9.77. The largest absolute Gasteiger partial charge is 0.358 e. The van der Waals surface area contributed by atoms with Crippen molar-refractivity contribution in [3.8, 4) is 6.07 Å². The summed E-state index contributed by atoms with van der Waals surface area (Å²) in [6.45, 7) is 0.981. The van der Waals surface area contributed by atoms with E-state index in [9.17, 15) is 14.0 Å². The second-order valence-corrected chi connectivity index (χ2v) is 7.66. The zero-order chi connectivity index (χ0) is 19.7. The van der Waals surface area contributed by atoms with Crippen LogP contribution in [0.15, 0.2) is 18.2 Å². The predicted octanol–water partition coefficient (Wildman–Crippen LogP) is 2.64. The van der Waals surface area contributed by atoms with Gasteiger partial charge in [-0.2, -0.15) is 5.26 Å². The van der Waals surface area contributed by atoms with Crippen molar-refractivity contribution < 1.29 is 14.0 Å². The number of fused-ring (bicyclic) bond motifs is 3. The topological polar surface area (TPSA) is 89.0 Å². The number of amides is 2. The molecule has 28 heavy (non-hydrogen) atoms. The quantitative estimate of drug-likeness (QED) is 0.800. The standard InChI is InChI=1S/C21H23FN4O2/c22-13-5-6-18-16(11-13)17-12-26(10-7-19(17)25-18)21(28)15-4-2-1-3-14(15)20(27)24-9-8-23/h5-6,11,14-15,25H,1-4,7,9-10,12H2,(H,24,27)/t14-,15-/m1/s1. The monoisotopic (exact) mass is 382 g/mol. The summed E-state index contributed by atoms with van der Waals surface area (Å²) in [4.78, 5) is 30.9. The van der Waals surface area contributed by atoms with Crippen LogP contribution in [0.1, 0.15) is 36.9 Å². The van der Waals surface area contributed by atoms with Crippen LogP contribution < -0.4 is 5.32 Å². The first-order valence-electron chi connectivity index (χ1n) is 9.81. The van der Waals surface area contributed by atoms with Crippen molar-refractivity contribution in [1.29, 1.82) is 5.26 Å². The maximum Gasteiger partial charge on any atom is 0.226 e. The Hall–Kier alpha value is -2.88. The van der Waals surface area contributed by atoms with E-state index in [1.165, 1.54) is 12.1 Å². The number of nitriles is 1. The van der Waals surface area contributed by atoms with Gasteiger partial charge in [0.25, 0.3) is 0 Å². The number of carbonyl (C=O) groups is 2. The van der Waals surface area contributed by atoms with Crippen LogP contribution in [0.4, 0.5) is 4.39 Å². The number of rotatable bonds is 3. The van der Waals surface area contributed by atoms with E-state index in [1.54, 1.807) is 11.0 Å². The molecule has 146 valence electrons. The molecule has 2 amide bonds. The van der Waals surface area contributed by atoms with Gasteiger partial charge in [0.2, 0.25) is 11.8 Å². The van der Waals surface area contributed by atoms with Crippen LogP contribution in [0.5, 0.6) is 0 Å². The van der Waals surface area contributed by atoms with E-state index in [0.29, 0.717) is 32.4 Å². The van der Waals surface area contributed by atoms with E-state index in [2.05, 4.69) is 10.3 Å². The molecule has 4 rings (SSSR count). The first-order chi connectivity index (χ1) is 13.6. The van der Waals surface area contributed by atoms with Gasteiger partial charge in [-0.25, -0.2) is 4.39 Å². The highest BCUT2D eigenvalue weighted by atomic mass is 19.1. The van der Waals surface area contributed by atoms with E-state index < -0.39 is 0 Å². The highest BCUT2D eigenvalue weighted by Gasteiger charge is 2.38. The number of halogens is 1. The Bertz CT molecular complexity index is 961. The molecule has 2 aromatic rings. The molecule has 0 spiro atoms. The molecular formula is C21H23FN4O2. The third kappa shape index (κ3) is 3.35. The number of hydrogen-bond donors (Lipinski definition) is 2. The van der Waals surface area contributed by atoms with Crippen molar-refractivity contribution in [3.05, 3.63) is 35.3 Å². The van der Waals surface area contributed by atoms with E-state index in [4.69, 9.17) is 5.26 Å². The summed E-state index contributed by atoms with van der Waals surface area (Å²) in [7, 11) is 0. The molecule has 2 atom stereocenters. The van der Waals surface area contributed by atoms with Crippen molar-refractivity contribution in [2.75, 3.05) is 13.1 Å². The van der Waals surface area contributed by atoms with Crippen LogP contribution in [0.25, 0.3) is 10.9 Å². The van der Waals surface area contributed by atoms with E-state index in [1.807, 2.05) is 6.07 Å². The molecule has 7 heteroatoms. The van der Waals surface area contributed by atoms with E-state index in [0.717, 1.165) is 35.0 Å². The number of aromatic amines is 1. The fourth-order valence-electron chi connectivity index (χ4n) is 4.61. The molecule has 0 unspecified atom stereocenters. The van der Waals surface area contributed by atoms with Gasteiger partial charge in [-0.15, -0.1) is 0 Å². The fraction of sp³-hybridized carbons (Fsp3) is 0.476.